The molecule has 0 aliphatic heterocycles. The molecule has 0 spiro atoms. The monoisotopic (exact) mass is 293 g/mol. The second-order valence-corrected chi connectivity index (χ2v) is 6.52. The largest absolute Gasteiger partial charge is 0.439 e. The number of anilines is 1. The topological polar surface area (TPSA) is 89.9 Å². The van der Waals surface area contributed by atoms with E-state index in [1.807, 2.05) is 13.8 Å². The molecule has 0 aliphatic rings. The molecular weight excluding hydrogens is 274 g/mol. The van der Waals surface area contributed by atoms with Gasteiger partial charge in [-0.1, -0.05) is 20.8 Å². The van der Waals surface area contributed by atoms with Crippen LogP contribution < -0.4 is 11.3 Å². The van der Waals surface area contributed by atoms with Crippen molar-refractivity contribution in [3.63, 3.8) is 0 Å². The Labute approximate surface area is 122 Å². The molecule has 3 N–H and O–H groups in total. The molecule has 0 aromatic carbocycles. The van der Waals surface area contributed by atoms with Crippen molar-refractivity contribution < 1.29 is 4.42 Å². The minimum atomic E-state index is -0.166. The van der Waals surface area contributed by atoms with Crippen molar-refractivity contribution in [1.29, 1.82) is 0 Å². The van der Waals surface area contributed by atoms with Crippen molar-refractivity contribution >= 4 is 17.6 Å². The van der Waals surface area contributed by atoms with E-state index in [1.54, 1.807) is 6.26 Å². The molecule has 0 unspecified atom stereocenters. The molecule has 108 valence electrons. The summed E-state index contributed by atoms with van der Waals surface area (Å²) in [6, 6.07) is 0. The van der Waals surface area contributed by atoms with Gasteiger partial charge in [0.2, 0.25) is 0 Å². The average molecular weight is 293 g/mol. The van der Waals surface area contributed by atoms with E-state index in [1.165, 1.54) is 11.8 Å². The molecule has 0 bridgehead atoms. The SMILES string of the molecule is Cc1coc(Sc2nc(C(C)(C)C)nc(NN)c2C)n1. The van der Waals surface area contributed by atoms with Crippen LogP contribution in [0.25, 0.3) is 0 Å². The molecule has 2 rings (SSSR count). The van der Waals surface area contributed by atoms with Gasteiger partial charge in [0.1, 0.15) is 22.9 Å². The Morgan fingerprint density at radius 2 is 1.90 bits per heavy atom. The quantitative estimate of drug-likeness (QED) is 0.511. The normalized spacial score (nSPS) is 11.7. The predicted molar refractivity (Wildman–Crippen MR) is 78.6 cm³/mol. The number of nitrogens with two attached hydrogens (primary N) is 1. The second-order valence-electron chi connectivity index (χ2n) is 5.58. The first kappa shape index (κ1) is 14.8. The Hall–Kier alpha value is -1.60. The lowest BCUT2D eigenvalue weighted by Gasteiger charge is -2.19. The number of nitrogens with one attached hydrogen (secondary N) is 1. The molecule has 0 aliphatic carbocycles. The summed E-state index contributed by atoms with van der Waals surface area (Å²) < 4.78 is 5.36. The molecule has 0 radical (unpaired) electrons. The number of aromatic nitrogens is 3. The van der Waals surface area contributed by atoms with Crippen LogP contribution in [0.15, 0.2) is 20.9 Å². The maximum atomic E-state index is 5.54. The van der Waals surface area contributed by atoms with Crippen LogP contribution in [0.2, 0.25) is 0 Å². The fraction of sp³-hybridized carbons (Fsp3) is 0.462. The lowest BCUT2D eigenvalue weighted by atomic mass is 9.95. The smallest absolute Gasteiger partial charge is 0.262 e. The number of oxazole rings is 1. The first-order valence-corrected chi connectivity index (χ1v) is 7.08. The Balaban J connectivity index is 2.45. The third-order valence-electron chi connectivity index (χ3n) is 2.69. The lowest BCUT2D eigenvalue weighted by molar-refractivity contribution is 0.453. The van der Waals surface area contributed by atoms with E-state index in [-0.39, 0.29) is 5.41 Å². The zero-order valence-corrected chi connectivity index (χ0v) is 13.1. The van der Waals surface area contributed by atoms with Gasteiger partial charge in [0.05, 0.1) is 5.69 Å². The van der Waals surface area contributed by atoms with Gasteiger partial charge in [0.15, 0.2) is 0 Å². The van der Waals surface area contributed by atoms with Gasteiger partial charge < -0.3 is 9.84 Å². The summed E-state index contributed by atoms with van der Waals surface area (Å²) in [5.74, 6) is 6.89. The highest BCUT2D eigenvalue weighted by Gasteiger charge is 2.22. The summed E-state index contributed by atoms with van der Waals surface area (Å²) in [4.78, 5) is 13.3. The van der Waals surface area contributed by atoms with E-state index >= 15 is 0 Å². The molecule has 0 atom stereocenters. The van der Waals surface area contributed by atoms with E-state index in [2.05, 4.69) is 41.1 Å². The predicted octanol–water partition coefficient (Wildman–Crippen LogP) is 2.82. The molecule has 0 amide bonds. The molecule has 20 heavy (non-hydrogen) atoms. The minimum absolute atomic E-state index is 0.166. The zero-order chi connectivity index (χ0) is 14.9. The molecule has 2 aromatic heterocycles. The maximum absolute atomic E-state index is 5.54. The molecule has 0 saturated carbocycles. The number of hydrogen-bond acceptors (Lipinski definition) is 7. The Kier molecular flexibility index (Phi) is 4.01. The van der Waals surface area contributed by atoms with Crippen molar-refractivity contribution in [1.82, 2.24) is 15.0 Å². The van der Waals surface area contributed by atoms with Gasteiger partial charge in [0, 0.05) is 11.0 Å². The maximum Gasteiger partial charge on any atom is 0.262 e. The average Bonchev–Trinajstić information content (AvgIpc) is 2.76. The molecule has 2 aromatic rings. The van der Waals surface area contributed by atoms with E-state index in [4.69, 9.17) is 10.3 Å². The number of hydrazine groups is 1. The molecule has 0 saturated heterocycles. The first-order valence-electron chi connectivity index (χ1n) is 6.27. The molecule has 2 heterocycles. The third-order valence-corrected chi connectivity index (χ3v) is 3.64. The Morgan fingerprint density at radius 3 is 2.40 bits per heavy atom. The van der Waals surface area contributed by atoms with Gasteiger partial charge in [-0.3, -0.25) is 0 Å². The summed E-state index contributed by atoms with van der Waals surface area (Å²) in [6.07, 6.45) is 1.62. The van der Waals surface area contributed by atoms with Gasteiger partial charge in [-0.2, -0.15) is 0 Å². The van der Waals surface area contributed by atoms with Gasteiger partial charge in [-0.25, -0.2) is 20.8 Å². The van der Waals surface area contributed by atoms with E-state index < -0.39 is 0 Å². The van der Waals surface area contributed by atoms with Gasteiger partial charge in [-0.15, -0.1) is 0 Å². The van der Waals surface area contributed by atoms with Crippen LogP contribution in [-0.4, -0.2) is 15.0 Å². The summed E-state index contributed by atoms with van der Waals surface area (Å²) in [7, 11) is 0. The molecule has 7 heteroatoms. The molecular formula is C13H19N5OS. The number of nitrogens with zero attached hydrogens (tertiary/aromatic N) is 3. The highest BCUT2D eigenvalue weighted by atomic mass is 32.2. The van der Waals surface area contributed by atoms with Crippen LogP contribution in [0.4, 0.5) is 5.82 Å². The Bertz CT molecular complexity index is 618. The van der Waals surface area contributed by atoms with Gasteiger partial charge >= 0.3 is 0 Å². The van der Waals surface area contributed by atoms with Crippen LogP contribution in [0.3, 0.4) is 0 Å². The van der Waals surface area contributed by atoms with E-state index in [9.17, 15) is 0 Å². The summed E-state index contributed by atoms with van der Waals surface area (Å²) in [5.41, 5.74) is 4.17. The van der Waals surface area contributed by atoms with Crippen molar-refractivity contribution in [2.45, 2.75) is 50.3 Å². The second kappa shape index (κ2) is 5.41. The highest BCUT2D eigenvalue weighted by molar-refractivity contribution is 7.99. The molecule has 6 nitrogen and oxygen atoms in total. The standard InChI is InChI=1S/C13H19N5OS/c1-7-6-19-12(15-7)20-10-8(2)9(18-14)16-11(17-10)13(3,4)5/h6H,14H2,1-5H3,(H,16,17,18). The Morgan fingerprint density at radius 1 is 1.20 bits per heavy atom. The van der Waals surface area contributed by atoms with Crippen LogP contribution in [0, 0.1) is 13.8 Å². The molecule has 0 fully saturated rings. The van der Waals surface area contributed by atoms with E-state index in [0.717, 1.165) is 22.1 Å². The van der Waals surface area contributed by atoms with Crippen molar-refractivity contribution in [3.05, 3.63) is 23.3 Å². The van der Waals surface area contributed by atoms with Gasteiger partial charge in [0.25, 0.3) is 5.22 Å². The number of aryl methyl sites for hydroxylation is 1. The van der Waals surface area contributed by atoms with Crippen molar-refractivity contribution in [3.8, 4) is 0 Å². The summed E-state index contributed by atoms with van der Waals surface area (Å²) in [6.45, 7) is 9.97. The zero-order valence-electron chi connectivity index (χ0n) is 12.3. The lowest BCUT2D eigenvalue weighted by Crippen LogP contribution is -2.20. The summed E-state index contributed by atoms with van der Waals surface area (Å²) in [5, 5.41) is 1.35. The number of hydrogen-bond donors (Lipinski definition) is 2. The van der Waals surface area contributed by atoms with Crippen LogP contribution in [0.5, 0.6) is 0 Å². The van der Waals surface area contributed by atoms with Crippen LogP contribution >= 0.6 is 11.8 Å². The van der Waals surface area contributed by atoms with Gasteiger partial charge in [-0.05, 0) is 25.6 Å². The van der Waals surface area contributed by atoms with Crippen molar-refractivity contribution in [2.75, 3.05) is 5.43 Å². The van der Waals surface area contributed by atoms with E-state index in [0.29, 0.717) is 11.0 Å². The summed E-state index contributed by atoms with van der Waals surface area (Å²) >= 11 is 1.37. The highest BCUT2D eigenvalue weighted by Crippen LogP contribution is 2.32. The number of nitrogen functional groups attached to an aromatic ring is 1. The third kappa shape index (κ3) is 3.10. The van der Waals surface area contributed by atoms with Crippen LogP contribution in [-0.2, 0) is 5.41 Å². The van der Waals surface area contributed by atoms with Crippen molar-refractivity contribution in [2.24, 2.45) is 5.84 Å². The fourth-order valence-corrected chi connectivity index (χ4v) is 2.37. The fourth-order valence-electron chi connectivity index (χ4n) is 1.53. The van der Waals surface area contributed by atoms with Crippen LogP contribution in [0.1, 0.15) is 37.9 Å². The first-order chi connectivity index (χ1) is 9.31. The minimum Gasteiger partial charge on any atom is -0.439 e. The number of rotatable bonds is 3.